The van der Waals surface area contributed by atoms with Crippen LogP contribution in [0, 0.1) is 0 Å². The van der Waals surface area contributed by atoms with Crippen LogP contribution in [0.25, 0.3) is 38.8 Å². The molecule has 2 heterocycles. The molecule has 74 heavy (non-hydrogen) atoms. The van der Waals surface area contributed by atoms with Crippen LogP contribution in [-0.2, 0) is 35.1 Å². The van der Waals surface area contributed by atoms with Gasteiger partial charge in [0, 0.05) is 44.2 Å². The summed E-state index contributed by atoms with van der Waals surface area (Å²) in [6.07, 6.45) is 15.0. The average Bonchev–Trinajstić information content (AvgIpc) is 4.08. The lowest BCUT2D eigenvalue weighted by Crippen LogP contribution is -2.56. The first-order valence-corrected chi connectivity index (χ1v) is 27.8. The summed E-state index contributed by atoms with van der Waals surface area (Å²) < 4.78 is 0. The number of urea groups is 1. The summed E-state index contributed by atoms with van der Waals surface area (Å²) >= 11 is 1.39. The standard InChI is InChI=1S/C63H69N3O7S/c1-6-11-34-62(35-12-7-2)53-21-17-15-19-48(53)50-30-27-45(40-55(50)62)65(46-28-31-51-49-20-16-18-22-54(49)63(36-13-8-3,37-14-9-4)56(51)41-46)44-25-23-43(24-26-44)57-32-29-47(74-57)42-52-59(69)64(38-33-58(67)68)61(71)66(60(52)70)73-72-39-10-5/h15-32,40-42H,6-14,33-39H2,1-5H3,(H,67,68)/b52-42+. The predicted molar refractivity (Wildman–Crippen MR) is 296 cm³/mol. The number of amides is 4. The van der Waals surface area contributed by atoms with Gasteiger partial charge >= 0.3 is 12.0 Å². The maximum atomic E-state index is 13.6. The van der Waals surface area contributed by atoms with E-state index in [0.29, 0.717) is 21.3 Å². The van der Waals surface area contributed by atoms with E-state index in [4.69, 9.17) is 9.88 Å². The minimum atomic E-state index is -1.20. The largest absolute Gasteiger partial charge is 0.481 e. The molecule has 0 atom stereocenters. The smallest absolute Gasteiger partial charge is 0.361 e. The number of hydrogen-bond donors (Lipinski definition) is 1. The van der Waals surface area contributed by atoms with Crippen LogP contribution in [-0.4, -0.2) is 52.0 Å². The molecule has 0 saturated carbocycles. The van der Waals surface area contributed by atoms with Crippen molar-refractivity contribution in [2.45, 2.75) is 135 Å². The van der Waals surface area contributed by atoms with E-state index in [9.17, 15) is 24.3 Å². The fraction of sp³-hybridized carbons (Fsp3) is 0.365. The molecule has 6 aromatic rings. The van der Waals surface area contributed by atoms with Crippen molar-refractivity contribution < 1.29 is 34.2 Å². The van der Waals surface area contributed by atoms with Gasteiger partial charge in [-0.15, -0.1) is 11.3 Å². The number of benzene rings is 5. The summed E-state index contributed by atoms with van der Waals surface area (Å²) in [6, 6.07) is 43.8. The molecule has 0 unspecified atom stereocenters. The summed E-state index contributed by atoms with van der Waals surface area (Å²) in [5.41, 5.74) is 14.8. The molecule has 1 saturated heterocycles. The number of barbiturate groups is 1. The van der Waals surface area contributed by atoms with Crippen molar-refractivity contribution in [2.75, 3.05) is 18.1 Å². The Bertz CT molecular complexity index is 2930. The minimum Gasteiger partial charge on any atom is -0.481 e. The number of carbonyl (C=O) groups excluding carboxylic acids is 3. The van der Waals surface area contributed by atoms with Crippen molar-refractivity contribution in [3.05, 3.63) is 154 Å². The van der Waals surface area contributed by atoms with Gasteiger partial charge in [-0.3, -0.25) is 19.3 Å². The van der Waals surface area contributed by atoms with Crippen LogP contribution in [0.2, 0.25) is 0 Å². The summed E-state index contributed by atoms with van der Waals surface area (Å²) in [6.45, 7) is 10.7. The number of hydroxylamine groups is 2. The van der Waals surface area contributed by atoms with Gasteiger partial charge in [0.1, 0.15) is 5.57 Å². The molecule has 10 nitrogen and oxygen atoms in total. The average molecular weight is 1010 g/mol. The van der Waals surface area contributed by atoms with Gasteiger partial charge in [-0.2, -0.15) is 0 Å². The Balaban J connectivity index is 1.14. The van der Waals surface area contributed by atoms with Gasteiger partial charge in [0.2, 0.25) is 0 Å². The van der Waals surface area contributed by atoms with Crippen LogP contribution in [0.3, 0.4) is 0 Å². The Morgan fingerprint density at radius 3 is 1.59 bits per heavy atom. The third-order valence-corrected chi connectivity index (χ3v) is 16.5. The van der Waals surface area contributed by atoms with Gasteiger partial charge in [0.05, 0.1) is 13.0 Å². The number of carboxylic acids is 1. The van der Waals surface area contributed by atoms with Crippen LogP contribution in [0.5, 0.6) is 0 Å². The zero-order chi connectivity index (χ0) is 52.0. The van der Waals surface area contributed by atoms with Crippen LogP contribution >= 0.6 is 11.3 Å². The first-order valence-electron chi connectivity index (χ1n) is 27.0. The molecular formula is C63H69N3O7S. The van der Waals surface area contributed by atoms with Gasteiger partial charge < -0.3 is 10.0 Å². The first kappa shape index (κ1) is 52.2. The molecule has 1 fully saturated rings. The number of anilines is 3. The maximum absolute atomic E-state index is 13.6. The zero-order valence-corrected chi connectivity index (χ0v) is 44.4. The lowest BCUT2D eigenvalue weighted by molar-refractivity contribution is -0.392. The summed E-state index contributed by atoms with van der Waals surface area (Å²) in [4.78, 5) is 66.7. The number of carboxylic acid groups (broad SMARTS) is 1. The Morgan fingerprint density at radius 1 is 0.595 bits per heavy atom. The molecular weight excluding hydrogens is 943 g/mol. The van der Waals surface area contributed by atoms with Crippen molar-refractivity contribution in [3.8, 4) is 32.7 Å². The topological polar surface area (TPSA) is 117 Å². The van der Waals surface area contributed by atoms with Gasteiger partial charge in [-0.1, -0.05) is 169 Å². The molecule has 3 aliphatic rings. The Kier molecular flexibility index (Phi) is 16.1. The molecule has 1 N–H and O–H groups in total. The number of thiophene rings is 1. The second kappa shape index (κ2) is 22.8. The second-order valence-corrected chi connectivity index (χ2v) is 21.3. The number of carbonyl (C=O) groups is 4. The summed E-state index contributed by atoms with van der Waals surface area (Å²) in [5, 5.41) is 9.72. The molecule has 384 valence electrons. The lowest BCUT2D eigenvalue weighted by Gasteiger charge is -2.35. The molecule has 2 aliphatic carbocycles. The van der Waals surface area contributed by atoms with Crippen molar-refractivity contribution in [1.82, 2.24) is 9.96 Å². The molecule has 1 aliphatic heterocycles. The molecule has 0 spiro atoms. The second-order valence-electron chi connectivity index (χ2n) is 20.2. The number of nitrogens with zero attached hydrogens (tertiary/aromatic N) is 3. The van der Waals surface area contributed by atoms with E-state index >= 15 is 0 Å². The number of hydrogen-bond acceptors (Lipinski definition) is 8. The molecule has 5 aromatic carbocycles. The first-order chi connectivity index (χ1) is 36.0. The van der Waals surface area contributed by atoms with Crippen molar-refractivity contribution in [1.29, 1.82) is 0 Å². The van der Waals surface area contributed by atoms with E-state index in [1.165, 1.54) is 61.9 Å². The highest BCUT2D eigenvalue weighted by molar-refractivity contribution is 7.16. The fourth-order valence-corrected chi connectivity index (χ4v) is 12.7. The van der Waals surface area contributed by atoms with Gasteiger partial charge in [-0.05, 0) is 137 Å². The van der Waals surface area contributed by atoms with Crippen LogP contribution in [0.15, 0.2) is 127 Å². The van der Waals surface area contributed by atoms with Gasteiger partial charge in [-0.25, -0.2) is 9.68 Å². The lowest BCUT2D eigenvalue weighted by atomic mass is 9.70. The molecule has 4 amide bonds. The third kappa shape index (κ3) is 9.78. The van der Waals surface area contributed by atoms with E-state index in [0.717, 1.165) is 105 Å². The monoisotopic (exact) mass is 1010 g/mol. The fourth-order valence-electron chi connectivity index (χ4n) is 11.8. The van der Waals surface area contributed by atoms with E-state index in [2.05, 4.69) is 142 Å². The third-order valence-electron chi connectivity index (χ3n) is 15.4. The Hall–Kier alpha value is -6.66. The highest BCUT2D eigenvalue weighted by Crippen LogP contribution is 2.58. The van der Waals surface area contributed by atoms with E-state index in [1.807, 2.05) is 19.1 Å². The number of unbranched alkanes of at least 4 members (excludes halogenated alkanes) is 4. The van der Waals surface area contributed by atoms with E-state index in [-0.39, 0.29) is 23.0 Å². The van der Waals surface area contributed by atoms with Crippen LogP contribution < -0.4 is 4.90 Å². The molecule has 1 aromatic heterocycles. The summed E-state index contributed by atoms with van der Waals surface area (Å²) in [7, 11) is 0. The number of aliphatic carboxylic acids is 1. The molecule has 0 bridgehead atoms. The van der Waals surface area contributed by atoms with Crippen LogP contribution in [0.1, 0.15) is 152 Å². The zero-order valence-electron chi connectivity index (χ0n) is 43.6. The Morgan fingerprint density at radius 2 is 1.09 bits per heavy atom. The molecule has 11 heteroatoms. The number of imide groups is 2. The van der Waals surface area contributed by atoms with Gasteiger partial charge in [0.25, 0.3) is 11.8 Å². The van der Waals surface area contributed by atoms with Crippen molar-refractivity contribution >= 4 is 58.3 Å². The highest BCUT2D eigenvalue weighted by atomic mass is 32.1. The van der Waals surface area contributed by atoms with Gasteiger partial charge in [0.15, 0.2) is 0 Å². The van der Waals surface area contributed by atoms with E-state index < -0.39 is 36.8 Å². The predicted octanol–water partition coefficient (Wildman–Crippen LogP) is 16.1. The van der Waals surface area contributed by atoms with Crippen molar-refractivity contribution in [2.24, 2.45) is 0 Å². The van der Waals surface area contributed by atoms with E-state index in [1.54, 1.807) is 0 Å². The van der Waals surface area contributed by atoms with Crippen LogP contribution in [0.4, 0.5) is 21.9 Å². The normalized spacial score (nSPS) is 15.6. The van der Waals surface area contributed by atoms with Crippen molar-refractivity contribution in [3.63, 3.8) is 0 Å². The highest BCUT2D eigenvalue weighted by Gasteiger charge is 2.46. The molecule has 0 radical (unpaired) electrons. The number of rotatable bonds is 24. The Labute approximate surface area is 440 Å². The molecule has 9 rings (SSSR count). The number of fused-ring (bicyclic) bond motifs is 6. The summed E-state index contributed by atoms with van der Waals surface area (Å²) in [5.74, 6) is -3.09. The SMILES string of the molecule is CCCCC1(CCCC)c2ccccc2-c2ccc(N(c3ccc(-c4ccc(/C=C5\C(=O)N(CCC(=O)O)C(=O)N(OOCCC)C5=O)s4)cc3)c3ccc4c(c3)C(CCCC)(CCCC)c3ccccc3-4)cc21. The minimum absolute atomic E-state index is 0.0853. The maximum Gasteiger partial charge on any atom is 0.361 e. The quantitative estimate of drug-likeness (QED) is 0.0209.